The van der Waals surface area contributed by atoms with Gasteiger partial charge in [0, 0.05) is 28.6 Å². The topological polar surface area (TPSA) is 84.8 Å². The molecule has 0 saturated heterocycles. The number of amides is 1. The van der Waals surface area contributed by atoms with Crippen molar-refractivity contribution in [1.29, 1.82) is 0 Å². The first kappa shape index (κ1) is 19.0. The summed E-state index contributed by atoms with van der Waals surface area (Å²) in [5, 5.41) is 7.01. The molecule has 1 aromatic rings. The molecule has 29 heavy (non-hydrogen) atoms. The van der Waals surface area contributed by atoms with Crippen molar-refractivity contribution >= 4 is 34.7 Å². The zero-order valence-electron chi connectivity index (χ0n) is 16.5. The Morgan fingerprint density at radius 1 is 1.14 bits per heavy atom. The van der Waals surface area contributed by atoms with Crippen LogP contribution < -0.4 is 5.32 Å². The van der Waals surface area contributed by atoms with Gasteiger partial charge in [-0.2, -0.15) is 0 Å². The zero-order valence-corrected chi connectivity index (χ0v) is 17.3. The van der Waals surface area contributed by atoms with Gasteiger partial charge in [0.25, 0.3) is 5.91 Å². The van der Waals surface area contributed by atoms with Crippen LogP contribution in [0.1, 0.15) is 70.6 Å². The molecule has 2 fully saturated rings. The van der Waals surface area contributed by atoms with Gasteiger partial charge in [0.05, 0.1) is 17.7 Å². The predicted molar refractivity (Wildman–Crippen MR) is 109 cm³/mol. The summed E-state index contributed by atoms with van der Waals surface area (Å²) in [4.78, 5) is 43.8. The monoisotopic (exact) mass is 414 g/mol. The normalized spacial score (nSPS) is 23.4. The van der Waals surface area contributed by atoms with E-state index in [1.54, 1.807) is 11.3 Å². The summed E-state index contributed by atoms with van der Waals surface area (Å²) < 4.78 is 0. The van der Waals surface area contributed by atoms with E-state index in [-0.39, 0.29) is 30.0 Å². The van der Waals surface area contributed by atoms with Gasteiger partial charge in [-0.25, -0.2) is 4.79 Å². The van der Waals surface area contributed by atoms with Crippen molar-refractivity contribution in [3.05, 3.63) is 20.9 Å². The summed E-state index contributed by atoms with van der Waals surface area (Å²) in [5.74, 6) is 1.18. The summed E-state index contributed by atoms with van der Waals surface area (Å²) in [7, 11) is 0. The van der Waals surface area contributed by atoms with Crippen molar-refractivity contribution in [2.45, 2.75) is 64.2 Å². The smallest absolute Gasteiger partial charge is 0.340 e. The van der Waals surface area contributed by atoms with Crippen molar-refractivity contribution in [2.75, 3.05) is 6.54 Å². The number of thiophene rings is 1. The number of nitrogens with one attached hydrogen (secondary N) is 1. The standard InChI is InChI=1S/C22H26N2O4S/c25-17(14-4-5-14)10-19-21(22(27)23-11-12-1-2-12)16-8-13(3-6-18(16)29-19)7-15-9-20(26)28-24-15/h12-14H,1-11H2,(H,23,27). The molecule has 4 aliphatic rings. The van der Waals surface area contributed by atoms with Crippen LogP contribution in [-0.4, -0.2) is 29.9 Å². The second-order valence-electron chi connectivity index (χ2n) is 8.98. The first-order valence-electron chi connectivity index (χ1n) is 10.8. The van der Waals surface area contributed by atoms with Gasteiger partial charge in [-0.1, -0.05) is 5.16 Å². The Bertz CT molecular complexity index is 895. The average Bonchev–Trinajstić information content (AvgIpc) is 3.61. The Hall–Kier alpha value is -2.02. The molecule has 1 aliphatic heterocycles. The van der Waals surface area contributed by atoms with Gasteiger partial charge in [-0.05, 0) is 68.8 Å². The van der Waals surface area contributed by atoms with Crippen LogP contribution in [0.3, 0.4) is 0 Å². The summed E-state index contributed by atoms with van der Waals surface area (Å²) in [6.07, 6.45) is 8.55. The lowest BCUT2D eigenvalue weighted by molar-refractivity contribution is -0.140. The van der Waals surface area contributed by atoms with E-state index in [0.29, 0.717) is 18.3 Å². The minimum atomic E-state index is -0.284. The zero-order chi connectivity index (χ0) is 20.0. The number of nitrogens with zero attached hydrogens (tertiary/aromatic N) is 1. The highest BCUT2D eigenvalue weighted by atomic mass is 32.1. The molecular weight excluding hydrogens is 388 g/mol. The van der Waals surface area contributed by atoms with Crippen LogP contribution in [0.2, 0.25) is 0 Å². The largest absolute Gasteiger partial charge is 0.352 e. The highest BCUT2D eigenvalue weighted by Crippen LogP contribution is 2.40. The number of carbonyl (C=O) groups is 3. The average molecular weight is 415 g/mol. The van der Waals surface area contributed by atoms with E-state index in [9.17, 15) is 14.4 Å². The number of Topliss-reactive ketones (excluding diaryl/α,β-unsaturated/α-hetero) is 1. The van der Waals surface area contributed by atoms with Crippen LogP contribution in [-0.2, 0) is 33.7 Å². The molecule has 0 bridgehead atoms. The minimum absolute atomic E-state index is 0.00892. The molecule has 154 valence electrons. The Morgan fingerprint density at radius 3 is 2.66 bits per heavy atom. The van der Waals surface area contributed by atoms with Gasteiger partial charge >= 0.3 is 5.97 Å². The minimum Gasteiger partial charge on any atom is -0.352 e. The number of carbonyl (C=O) groups excluding carboxylic acids is 3. The molecule has 0 radical (unpaired) electrons. The Morgan fingerprint density at radius 2 is 1.97 bits per heavy atom. The summed E-state index contributed by atoms with van der Waals surface area (Å²) in [5.41, 5.74) is 2.71. The van der Waals surface area contributed by atoms with Crippen LogP contribution in [0.5, 0.6) is 0 Å². The molecule has 2 saturated carbocycles. The Balaban J connectivity index is 1.36. The number of hydrogen-bond donors (Lipinski definition) is 1. The van der Waals surface area contributed by atoms with E-state index >= 15 is 0 Å². The van der Waals surface area contributed by atoms with E-state index in [1.165, 1.54) is 17.7 Å². The highest BCUT2D eigenvalue weighted by Gasteiger charge is 2.35. The lowest BCUT2D eigenvalue weighted by atomic mass is 9.82. The molecule has 6 nitrogen and oxygen atoms in total. The molecule has 3 aliphatic carbocycles. The first-order valence-corrected chi connectivity index (χ1v) is 11.6. The van der Waals surface area contributed by atoms with Crippen LogP contribution in [0.4, 0.5) is 0 Å². The van der Waals surface area contributed by atoms with E-state index in [0.717, 1.165) is 66.8 Å². The molecule has 1 atom stereocenters. The Labute approximate surface area is 174 Å². The lowest BCUT2D eigenvalue weighted by Crippen LogP contribution is -2.28. The number of rotatable bonds is 8. The molecule has 2 heterocycles. The fourth-order valence-electron chi connectivity index (χ4n) is 4.42. The Kier molecular flexibility index (Phi) is 5.02. The number of ketones is 1. The van der Waals surface area contributed by atoms with Gasteiger partial charge < -0.3 is 10.2 Å². The quantitative estimate of drug-likeness (QED) is 0.662. The number of aryl methyl sites for hydroxylation is 1. The fraction of sp³-hybridized carbons (Fsp3) is 0.636. The third-order valence-corrected chi connectivity index (χ3v) is 7.72. The molecule has 0 spiro atoms. The maximum Gasteiger partial charge on any atom is 0.340 e. The summed E-state index contributed by atoms with van der Waals surface area (Å²) >= 11 is 1.67. The third kappa shape index (κ3) is 4.29. The lowest BCUT2D eigenvalue weighted by Gasteiger charge is -2.22. The number of fused-ring (bicyclic) bond motifs is 1. The molecule has 1 N–H and O–H groups in total. The van der Waals surface area contributed by atoms with Crippen molar-refractivity contribution in [3.8, 4) is 0 Å². The third-order valence-electron chi connectivity index (χ3n) is 6.43. The van der Waals surface area contributed by atoms with Crippen molar-refractivity contribution < 1.29 is 19.2 Å². The SMILES string of the molecule is O=C1CC(CC2CCc3sc(CC(=O)C4CC4)c(C(=O)NCC4CC4)c3C2)=NO1. The maximum atomic E-state index is 13.1. The number of oxime groups is 1. The molecule has 0 aromatic carbocycles. The molecule has 5 rings (SSSR count). The summed E-state index contributed by atoms with van der Waals surface area (Å²) in [6, 6.07) is 0. The van der Waals surface area contributed by atoms with Gasteiger partial charge in [-0.15, -0.1) is 11.3 Å². The second-order valence-corrected chi connectivity index (χ2v) is 10.2. The van der Waals surface area contributed by atoms with Crippen molar-refractivity contribution in [3.63, 3.8) is 0 Å². The predicted octanol–water partition coefficient (Wildman–Crippen LogP) is 3.21. The number of hydrogen-bond acceptors (Lipinski definition) is 6. The van der Waals surface area contributed by atoms with E-state index in [2.05, 4.69) is 10.5 Å². The van der Waals surface area contributed by atoms with Crippen LogP contribution in [0.25, 0.3) is 0 Å². The van der Waals surface area contributed by atoms with E-state index < -0.39 is 0 Å². The van der Waals surface area contributed by atoms with E-state index in [1.807, 2.05) is 0 Å². The maximum absolute atomic E-state index is 13.1. The fourth-order valence-corrected chi connectivity index (χ4v) is 5.78. The second kappa shape index (κ2) is 7.67. The van der Waals surface area contributed by atoms with Crippen molar-refractivity contribution in [1.82, 2.24) is 5.32 Å². The molecule has 1 aromatic heterocycles. The molecular formula is C22H26N2O4S. The van der Waals surface area contributed by atoms with Crippen molar-refractivity contribution in [2.24, 2.45) is 22.9 Å². The van der Waals surface area contributed by atoms with Gasteiger partial charge in [-0.3, -0.25) is 9.59 Å². The van der Waals surface area contributed by atoms with Crippen LogP contribution in [0, 0.1) is 17.8 Å². The van der Waals surface area contributed by atoms with Gasteiger partial charge in [0.15, 0.2) is 0 Å². The molecule has 1 amide bonds. The van der Waals surface area contributed by atoms with Gasteiger partial charge in [0.2, 0.25) is 0 Å². The highest BCUT2D eigenvalue weighted by molar-refractivity contribution is 7.12. The summed E-state index contributed by atoms with van der Waals surface area (Å²) in [6.45, 7) is 0.735. The molecule has 1 unspecified atom stereocenters. The van der Waals surface area contributed by atoms with Crippen LogP contribution >= 0.6 is 11.3 Å². The van der Waals surface area contributed by atoms with Crippen LogP contribution in [0.15, 0.2) is 5.16 Å². The molecule has 7 heteroatoms. The van der Waals surface area contributed by atoms with E-state index in [4.69, 9.17) is 4.84 Å². The van der Waals surface area contributed by atoms with Gasteiger partial charge in [0.1, 0.15) is 5.78 Å². The first-order chi connectivity index (χ1) is 14.1.